The van der Waals surface area contributed by atoms with E-state index in [1.807, 2.05) is 13.8 Å². The number of aliphatic hydroxyl groups excluding tert-OH is 1. The first-order chi connectivity index (χ1) is 13.5. The molecular weight excluding hydrogens is 365 g/mol. The van der Waals surface area contributed by atoms with E-state index in [4.69, 9.17) is 4.52 Å². The van der Waals surface area contributed by atoms with Crippen molar-refractivity contribution >= 4 is 16.6 Å². The van der Waals surface area contributed by atoms with Crippen LogP contribution in [0.4, 0.5) is 4.39 Å². The molecule has 0 aliphatic carbocycles. The molecule has 0 bridgehead atoms. The first kappa shape index (κ1) is 18.3. The topological polar surface area (TPSA) is 98.5 Å². The molecule has 1 N–H and O–H groups in total. The summed E-state index contributed by atoms with van der Waals surface area (Å²) in [5.41, 5.74) is 1.43. The first-order valence-corrected chi connectivity index (χ1v) is 9.11. The maximum Gasteiger partial charge on any atom is 0.278 e. The summed E-state index contributed by atoms with van der Waals surface area (Å²) in [4.78, 5) is 22.0. The summed E-state index contributed by atoms with van der Waals surface area (Å²) >= 11 is 0. The zero-order chi connectivity index (χ0) is 20.0. The van der Waals surface area contributed by atoms with Gasteiger partial charge in [-0.15, -0.1) is 0 Å². The quantitative estimate of drug-likeness (QED) is 0.567. The van der Waals surface area contributed by atoms with Crippen molar-refractivity contribution in [2.75, 3.05) is 6.61 Å². The van der Waals surface area contributed by atoms with Crippen molar-refractivity contribution in [3.8, 4) is 11.5 Å². The van der Waals surface area contributed by atoms with Gasteiger partial charge in [-0.05, 0) is 31.5 Å². The van der Waals surface area contributed by atoms with Gasteiger partial charge in [-0.1, -0.05) is 19.0 Å². The summed E-state index contributed by atoms with van der Waals surface area (Å²) < 4.78 is 22.3. The summed E-state index contributed by atoms with van der Waals surface area (Å²) in [6.45, 7) is 5.49. The van der Waals surface area contributed by atoms with Gasteiger partial charge in [0.15, 0.2) is 0 Å². The smallest absolute Gasteiger partial charge is 0.278 e. The van der Waals surface area contributed by atoms with Crippen LogP contribution < -0.4 is 5.56 Å². The molecule has 0 amide bonds. The van der Waals surface area contributed by atoms with E-state index in [1.54, 1.807) is 22.0 Å². The second kappa shape index (κ2) is 6.83. The van der Waals surface area contributed by atoms with Crippen LogP contribution in [-0.4, -0.2) is 35.8 Å². The van der Waals surface area contributed by atoms with Crippen molar-refractivity contribution in [3.05, 3.63) is 46.6 Å². The van der Waals surface area contributed by atoms with Crippen LogP contribution in [0.25, 0.3) is 28.1 Å². The summed E-state index contributed by atoms with van der Waals surface area (Å²) in [7, 11) is 0. The van der Waals surface area contributed by atoms with E-state index < -0.39 is 5.82 Å². The monoisotopic (exact) mass is 385 g/mol. The van der Waals surface area contributed by atoms with E-state index in [-0.39, 0.29) is 41.5 Å². The van der Waals surface area contributed by atoms with Crippen LogP contribution in [0.2, 0.25) is 0 Å². The van der Waals surface area contributed by atoms with E-state index in [1.165, 1.54) is 18.5 Å². The minimum Gasteiger partial charge on any atom is -0.396 e. The van der Waals surface area contributed by atoms with Crippen LogP contribution in [0.15, 0.2) is 33.8 Å². The molecule has 3 aromatic heterocycles. The largest absolute Gasteiger partial charge is 0.396 e. The SMILES string of the molecule is CCC(C)n1c(=O)c2c(-c3noc(C(C)CO)n3)ncn2c2ccc(F)cc21. The minimum atomic E-state index is -0.413. The molecular formula is C19H20FN5O3. The number of benzene rings is 1. The van der Waals surface area contributed by atoms with Crippen molar-refractivity contribution in [1.29, 1.82) is 0 Å². The van der Waals surface area contributed by atoms with Crippen LogP contribution in [-0.2, 0) is 0 Å². The van der Waals surface area contributed by atoms with Crippen molar-refractivity contribution in [1.82, 2.24) is 24.1 Å². The molecule has 1 aromatic carbocycles. The Labute approximate surface area is 159 Å². The van der Waals surface area contributed by atoms with Gasteiger partial charge in [0, 0.05) is 6.04 Å². The Bertz CT molecular complexity index is 1230. The lowest BCUT2D eigenvalue weighted by atomic mass is 10.2. The van der Waals surface area contributed by atoms with Gasteiger partial charge in [-0.25, -0.2) is 9.37 Å². The van der Waals surface area contributed by atoms with Crippen LogP contribution in [0.3, 0.4) is 0 Å². The Morgan fingerprint density at radius 3 is 2.79 bits per heavy atom. The van der Waals surface area contributed by atoms with Crippen molar-refractivity contribution < 1.29 is 14.0 Å². The molecule has 0 saturated heterocycles. The van der Waals surface area contributed by atoms with E-state index in [2.05, 4.69) is 15.1 Å². The van der Waals surface area contributed by atoms with Gasteiger partial charge in [0.1, 0.15) is 23.4 Å². The molecule has 0 radical (unpaired) electrons. The molecule has 0 aliphatic rings. The Morgan fingerprint density at radius 2 is 2.07 bits per heavy atom. The van der Waals surface area contributed by atoms with Gasteiger partial charge in [-0.3, -0.25) is 9.20 Å². The van der Waals surface area contributed by atoms with Gasteiger partial charge in [-0.2, -0.15) is 4.98 Å². The number of hydrogen-bond acceptors (Lipinski definition) is 6. The van der Waals surface area contributed by atoms with E-state index in [0.717, 1.165) is 0 Å². The zero-order valence-electron chi connectivity index (χ0n) is 15.8. The molecule has 4 rings (SSSR count). The number of aromatic nitrogens is 5. The molecule has 0 aliphatic heterocycles. The number of hydrogen-bond donors (Lipinski definition) is 1. The Morgan fingerprint density at radius 1 is 1.29 bits per heavy atom. The summed E-state index contributed by atoms with van der Waals surface area (Å²) in [6, 6.07) is 4.19. The predicted octanol–water partition coefficient (Wildman–Crippen LogP) is 2.91. The summed E-state index contributed by atoms with van der Waals surface area (Å²) in [5.74, 6) is -0.295. The number of halogens is 1. The molecule has 0 spiro atoms. The third-order valence-electron chi connectivity index (χ3n) is 5.03. The lowest BCUT2D eigenvalue weighted by molar-refractivity contribution is 0.242. The molecule has 28 heavy (non-hydrogen) atoms. The highest BCUT2D eigenvalue weighted by molar-refractivity contribution is 5.83. The maximum absolute atomic E-state index is 13.9. The van der Waals surface area contributed by atoms with E-state index in [0.29, 0.717) is 23.0 Å². The molecule has 4 aromatic rings. The molecule has 0 fully saturated rings. The van der Waals surface area contributed by atoms with Crippen molar-refractivity contribution in [2.45, 2.75) is 39.2 Å². The first-order valence-electron chi connectivity index (χ1n) is 9.11. The predicted molar refractivity (Wildman–Crippen MR) is 101 cm³/mol. The zero-order valence-corrected chi connectivity index (χ0v) is 15.8. The van der Waals surface area contributed by atoms with E-state index >= 15 is 0 Å². The molecule has 3 heterocycles. The van der Waals surface area contributed by atoms with Crippen LogP contribution >= 0.6 is 0 Å². The van der Waals surface area contributed by atoms with Crippen LogP contribution in [0.1, 0.15) is 45.0 Å². The highest BCUT2D eigenvalue weighted by Crippen LogP contribution is 2.26. The Kier molecular flexibility index (Phi) is 4.46. The highest BCUT2D eigenvalue weighted by Gasteiger charge is 2.23. The normalized spacial score (nSPS) is 14.0. The number of nitrogens with zero attached hydrogens (tertiary/aromatic N) is 5. The number of imidazole rings is 1. The minimum absolute atomic E-state index is 0.136. The number of fused-ring (bicyclic) bond motifs is 3. The number of rotatable bonds is 5. The number of aliphatic hydroxyl groups is 1. The lowest BCUT2D eigenvalue weighted by Gasteiger charge is -2.17. The summed E-state index contributed by atoms with van der Waals surface area (Å²) in [6.07, 6.45) is 2.20. The van der Waals surface area contributed by atoms with Crippen LogP contribution in [0, 0.1) is 5.82 Å². The van der Waals surface area contributed by atoms with Gasteiger partial charge < -0.3 is 14.2 Å². The van der Waals surface area contributed by atoms with Gasteiger partial charge in [0.2, 0.25) is 11.7 Å². The highest BCUT2D eigenvalue weighted by atomic mass is 19.1. The average molecular weight is 385 g/mol. The van der Waals surface area contributed by atoms with Crippen molar-refractivity contribution in [2.24, 2.45) is 0 Å². The fraction of sp³-hybridized carbons (Fsp3) is 0.368. The molecule has 2 atom stereocenters. The fourth-order valence-electron chi connectivity index (χ4n) is 3.25. The maximum atomic E-state index is 13.9. The molecule has 9 heteroatoms. The van der Waals surface area contributed by atoms with Crippen molar-refractivity contribution in [3.63, 3.8) is 0 Å². The third-order valence-corrected chi connectivity index (χ3v) is 5.03. The lowest BCUT2D eigenvalue weighted by Crippen LogP contribution is -2.25. The molecule has 146 valence electrons. The summed E-state index contributed by atoms with van der Waals surface area (Å²) in [5, 5.41) is 13.2. The second-order valence-electron chi connectivity index (χ2n) is 6.92. The third kappa shape index (κ3) is 2.70. The molecule has 2 unspecified atom stereocenters. The molecule has 8 nitrogen and oxygen atoms in total. The van der Waals surface area contributed by atoms with Gasteiger partial charge in [0.25, 0.3) is 5.56 Å². The standard InChI is InChI=1S/C19H20FN5O3/c1-4-11(3)25-14-7-12(20)5-6-13(14)24-9-21-15(16(24)19(25)27)17-22-18(28-23-17)10(2)8-26/h5-7,9-11,26H,4,8H2,1-3H3. The van der Waals surface area contributed by atoms with Gasteiger partial charge >= 0.3 is 0 Å². The fourth-order valence-corrected chi connectivity index (χ4v) is 3.25. The van der Waals surface area contributed by atoms with Gasteiger partial charge in [0.05, 0.1) is 23.6 Å². The Hall–Kier alpha value is -3.07. The van der Waals surface area contributed by atoms with Crippen LogP contribution in [0.5, 0.6) is 0 Å². The Balaban J connectivity index is 2.05. The second-order valence-corrected chi connectivity index (χ2v) is 6.92. The average Bonchev–Trinajstić information content (AvgIpc) is 3.34. The van der Waals surface area contributed by atoms with E-state index in [9.17, 15) is 14.3 Å². The molecule has 0 saturated carbocycles.